The summed E-state index contributed by atoms with van der Waals surface area (Å²) < 4.78 is 10.4. The van der Waals surface area contributed by atoms with Gasteiger partial charge < -0.3 is 15.2 Å². The van der Waals surface area contributed by atoms with Crippen molar-refractivity contribution in [2.45, 2.75) is 11.3 Å². The number of anilines is 1. The van der Waals surface area contributed by atoms with E-state index in [-0.39, 0.29) is 0 Å². The highest BCUT2D eigenvalue weighted by Gasteiger charge is 1.95. The summed E-state index contributed by atoms with van der Waals surface area (Å²) in [6.07, 6.45) is 0.958. The lowest BCUT2D eigenvalue weighted by Crippen LogP contribution is -2.02. The molecule has 0 saturated heterocycles. The van der Waals surface area contributed by atoms with Crippen LogP contribution in [-0.4, -0.2) is 32.7 Å². The number of hydrogen-bond donors (Lipinski definition) is 1. The maximum Gasteiger partial charge on any atom is 0.0560 e. The summed E-state index contributed by atoms with van der Waals surface area (Å²) in [6, 6.07) is 7.91. The molecule has 4 heteroatoms. The maximum atomic E-state index is 5.69. The fourth-order valence-corrected chi connectivity index (χ4v) is 2.06. The fourth-order valence-electron chi connectivity index (χ4n) is 1.23. The predicted octanol–water partition coefficient (Wildman–Crippen LogP) is 2.41. The molecule has 16 heavy (non-hydrogen) atoms. The van der Waals surface area contributed by atoms with Crippen LogP contribution in [0.1, 0.15) is 6.42 Å². The van der Waals surface area contributed by atoms with Crippen molar-refractivity contribution >= 4 is 17.4 Å². The molecule has 0 aliphatic rings. The Bertz CT molecular complexity index is 294. The van der Waals surface area contributed by atoms with E-state index in [1.165, 1.54) is 4.90 Å². The number of thioether (sulfide) groups is 1. The van der Waals surface area contributed by atoms with Gasteiger partial charge in [-0.05, 0) is 24.6 Å². The molecular weight excluding hydrogens is 222 g/mol. The van der Waals surface area contributed by atoms with Crippen molar-refractivity contribution in [2.75, 3.05) is 38.4 Å². The first-order chi connectivity index (χ1) is 7.83. The molecule has 0 aliphatic heterocycles. The molecule has 0 bridgehead atoms. The molecule has 90 valence electrons. The van der Waals surface area contributed by atoms with Crippen molar-refractivity contribution < 1.29 is 9.47 Å². The highest BCUT2D eigenvalue weighted by molar-refractivity contribution is 7.99. The topological polar surface area (TPSA) is 44.5 Å². The van der Waals surface area contributed by atoms with E-state index in [0.717, 1.165) is 37.7 Å². The standard InChI is InChI=1S/C12H19NO2S/c1-14-6-3-7-15-8-9-16-12-5-2-4-11(13)10-12/h2,4-5,10H,3,6-9,13H2,1H3. The molecule has 1 aromatic rings. The molecule has 0 amide bonds. The lowest BCUT2D eigenvalue weighted by Gasteiger charge is -2.04. The summed E-state index contributed by atoms with van der Waals surface area (Å²) in [5.74, 6) is 0.955. The monoisotopic (exact) mass is 241 g/mol. The lowest BCUT2D eigenvalue weighted by atomic mass is 10.3. The van der Waals surface area contributed by atoms with Crippen LogP contribution in [-0.2, 0) is 9.47 Å². The second-order valence-corrected chi connectivity index (χ2v) is 4.55. The third kappa shape index (κ3) is 6.00. The SMILES string of the molecule is COCCCOCCSc1cccc(N)c1. The minimum Gasteiger partial charge on any atom is -0.399 e. The largest absolute Gasteiger partial charge is 0.399 e. The van der Waals surface area contributed by atoms with Gasteiger partial charge in [0.05, 0.1) is 6.61 Å². The molecule has 2 N–H and O–H groups in total. The Kier molecular flexibility index (Phi) is 7.05. The van der Waals surface area contributed by atoms with Crippen LogP contribution in [0.15, 0.2) is 29.2 Å². The molecule has 1 aromatic carbocycles. The smallest absolute Gasteiger partial charge is 0.0560 e. The molecular formula is C12H19NO2S. The number of benzene rings is 1. The summed E-state index contributed by atoms with van der Waals surface area (Å²) in [5.41, 5.74) is 6.50. The minimum atomic E-state index is 0.766. The van der Waals surface area contributed by atoms with Gasteiger partial charge in [0.25, 0.3) is 0 Å². The normalized spacial score (nSPS) is 10.6. The maximum absolute atomic E-state index is 5.69. The Balaban J connectivity index is 2.03. The molecule has 0 aromatic heterocycles. The Labute approximate surface area is 101 Å². The minimum absolute atomic E-state index is 0.766. The van der Waals surface area contributed by atoms with Crippen molar-refractivity contribution in [1.29, 1.82) is 0 Å². The quantitative estimate of drug-likeness (QED) is 0.431. The Morgan fingerprint density at radius 1 is 1.25 bits per heavy atom. The van der Waals surface area contributed by atoms with E-state index < -0.39 is 0 Å². The van der Waals surface area contributed by atoms with E-state index >= 15 is 0 Å². The van der Waals surface area contributed by atoms with Crippen molar-refractivity contribution in [2.24, 2.45) is 0 Å². The van der Waals surface area contributed by atoms with Gasteiger partial charge in [0.2, 0.25) is 0 Å². The van der Waals surface area contributed by atoms with Gasteiger partial charge in [0.1, 0.15) is 0 Å². The van der Waals surface area contributed by atoms with E-state index in [0.29, 0.717) is 0 Å². The van der Waals surface area contributed by atoms with Crippen LogP contribution in [0.5, 0.6) is 0 Å². The van der Waals surface area contributed by atoms with E-state index in [9.17, 15) is 0 Å². The third-order valence-corrected chi connectivity index (χ3v) is 2.95. The number of rotatable bonds is 8. The van der Waals surface area contributed by atoms with Gasteiger partial charge in [-0.15, -0.1) is 11.8 Å². The number of ether oxygens (including phenoxy) is 2. The van der Waals surface area contributed by atoms with Crippen LogP contribution >= 0.6 is 11.8 Å². The lowest BCUT2D eigenvalue weighted by molar-refractivity contribution is 0.113. The number of hydrogen-bond acceptors (Lipinski definition) is 4. The summed E-state index contributed by atoms with van der Waals surface area (Å²) in [7, 11) is 1.70. The first kappa shape index (κ1) is 13.4. The Morgan fingerprint density at radius 2 is 2.12 bits per heavy atom. The molecule has 0 fully saturated rings. The molecule has 0 unspecified atom stereocenters. The zero-order valence-electron chi connectivity index (χ0n) is 9.65. The van der Waals surface area contributed by atoms with Crippen LogP contribution in [0, 0.1) is 0 Å². The molecule has 0 saturated carbocycles. The molecule has 0 radical (unpaired) electrons. The van der Waals surface area contributed by atoms with Gasteiger partial charge in [0, 0.05) is 36.7 Å². The van der Waals surface area contributed by atoms with E-state index in [1.807, 2.05) is 18.2 Å². The van der Waals surface area contributed by atoms with Crippen molar-refractivity contribution in [1.82, 2.24) is 0 Å². The molecule has 0 spiro atoms. The van der Waals surface area contributed by atoms with E-state index in [1.54, 1.807) is 18.9 Å². The molecule has 3 nitrogen and oxygen atoms in total. The van der Waals surface area contributed by atoms with E-state index in [2.05, 4.69) is 6.07 Å². The van der Waals surface area contributed by atoms with Gasteiger partial charge in [-0.3, -0.25) is 0 Å². The molecule has 1 rings (SSSR count). The second kappa shape index (κ2) is 8.44. The fraction of sp³-hybridized carbons (Fsp3) is 0.500. The van der Waals surface area contributed by atoms with Gasteiger partial charge in [-0.25, -0.2) is 0 Å². The van der Waals surface area contributed by atoms with Crippen LogP contribution in [0.25, 0.3) is 0 Å². The van der Waals surface area contributed by atoms with Gasteiger partial charge in [0.15, 0.2) is 0 Å². The van der Waals surface area contributed by atoms with Gasteiger partial charge in [-0.2, -0.15) is 0 Å². The van der Waals surface area contributed by atoms with Gasteiger partial charge in [-0.1, -0.05) is 6.07 Å². The first-order valence-corrected chi connectivity index (χ1v) is 6.36. The average molecular weight is 241 g/mol. The van der Waals surface area contributed by atoms with Crippen molar-refractivity contribution in [3.63, 3.8) is 0 Å². The first-order valence-electron chi connectivity index (χ1n) is 5.38. The molecule has 0 aliphatic carbocycles. The Hall–Kier alpha value is -0.710. The molecule has 0 heterocycles. The predicted molar refractivity (Wildman–Crippen MR) is 68.9 cm³/mol. The average Bonchev–Trinajstić information content (AvgIpc) is 2.28. The summed E-state index contributed by atoms with van der Waals surface area (Å²) in [6.45, 7) is 2.30. The molecule has 0 atom stereocenters. The van der Waals surface area contributed by atoms with Crippen LogP contribution < -0.4 is 5.73 Å². The van der Waals surface area contributed by atoms with Crippen LogP contribution in [0.3, 0.4) is 0 Å². The number of nitrogens with two attached hydrogens (primary N) is 1. The summed E-state index contributed by atoms with van der Waals surface area (Å²) in [4.78, 5) is 1.19. The number of nitrogen functional groups attached to an aromatic ring is 1. The summed E-state index contributed by atoms with van der Waals surface area (Å²) >= 11 is 1.76. The summed E-state index contributed by atoms with van der Waals surface area (Å²) in [5, 5.41) is 0. The van der Waals surface area contributed by atoms with Crippen molar-refractivity contribution in [3.8, 4) is 0 Å². The van der Waals surface area contributed by atoms with Crippen LogP contribution in [0.2, 0.25) is 0 Å². The zero-order chi connectivity index (χ0) is 11.6. The Morgan fingerprint density at radius 3 is 2.88 bits per heavy atom. The van der Waals surface area contributed by atoms with Crippen molar-refractivity contribution in [3.05, 3.63) is 24.3 Å². The number of methoxy groups -OCH3 is 1. The van der Waals surface area contributed by atoms with Crippen LogP contribution in [0.4, 0.5) is 5.69 Å². The highest BCUT2D eigenvalue weighted by atomic mass is 32.2. The highest BCUT2D eigenvalue weighted by Crippen LogP contribution is 2.19. The second-order valence-electron chi connectivity index (χ2n) is 3.38. The third-order valence-electron chi connectivity index (χ3n) is 1.99. The zero-order valence-corrected chi connectivity index (χ0v) is 10.5. The van der Waals surface area contributed by atoms with E-state index in [4.69, 9.17) is 15.2 Å². The van der Waals surface area contributed by atoms with Gasteiger partial charge >= 0.3 is 0 Å².